The Hall–Kier alpha value is -7.63. The van der Waals surface area contributed by atoms with Crippen LogP contribution >= 0.6 is 0 Å². The summed E-state index contributed by atoms with van der Waals surface area (Å²) in [4.78, 5) is 15.0. The minimum atomic E-state index is 0.702. The van der Waals surface area contributed by atoms with E-state index in [1.807, 2.05) is 36.5 Å². The van der Waals surface area contributed by atoms with Crippen molar-refractivity contribution in [2.24, 2.45) is 0 Å². The first-order chi connectivity index (χ1) is 27.8. The predicted molar refractivity (Wildman–Crippen MR) is 230 cm³/mol. The Morgan fingerprint density at radius 2 is 0.982 bits per heavy atom. The fraction of sp³-hybridized carbons (Fsp3) is 0. The van der Waals surface area contributed by atoms with Gasteiger partial charge in [0.25, 0.3) is 0 Å². The summed E-state index contributed by atoms with van der Waals surface area (Å²) in [7, 11) is 0. The number of aromatic nitrogens is 5. The molecule has 5 heteroatoms. The third kappa shape index (κ3) is 5.21. The van der Waals surface area contributed by atoms with Crippen molar-refractivity contribution >= 4 is 43.7 Å². The molecule has 0 N–H and O–H groups in total. The van der Waals surface area contributed by atoms with E-state index in [-0.39, 0.29) is 0 Å². The van der Waals surface area contributed by atoms with E-state index in [9.17, 15) is 0 Å². The smallest absolute Gasteiger partial charge is 0.160 e. The third-order valence-electron chi connectivity index (χ3n) is 10.8. The lowest BCUT2D eigenvalue weighted by Crippen LogP contribution is -1.97. The van der Waals surface area contributed by atoms with E-state index < -0.39 is 0 Å². The summed E-state index contributed by atoms with van der Waals surface area (Å²) in [5.41, 5.74) is 14.9. The highest BCUT2D eigenvalue weighted by atomic mass is 15.0. The zero-order valence-corrected chi connectivity index (χ0v) is 30.3. The van der Waals surface area contributed by atoms with Gasteiger partial charge >= 0.3 is 0 Å². The van der Waals surface area contributed by atoms with E-state index in [0.717, 1.165) is 78.0 Å². The number of benzene rings is 7. The summed E-state index contributed by atoms with van der Waals surface area (Å²) in [6.07, 6.45) is 1.88. The van der Waals surface area contributed by atoms with Crippen molar-refractivity contribution in [3.8, 4) is 56.4 Å². The second kappa shape index (κ2) is 13.0. The highest BCUT2D eigenvalue weighted by Crippen LogP contribution is 2.41. The second-order valence-corrected chi connectivity index (χ2v) is 14.1. The molecule has 5 nitrogen and oxygen atoms in total. The Bertz CT molecular complexity index is 3180. The number of fused-ring (bicyclic) bond motifs is 6. The highest BCUT2D eigenvalue weighted by Gasteiger charge is 2.19. The van der Waals surface area contributed by atoms with E-state index in [1.165, 1.54) is 16.3 Å². The van der Waals surface area contributed by atoms with E-state index in [4.69, 9.17) is 15.0 Å². The summed E-state index contributed by atoms with van der Waals surface area (Å²) >= 11 is 0. The molecule has 11 aromatic rings. The third-order valence-corrected chi connectivity index (χ3v) is 10.8. The maximum Gasteiger partial charge on any atom is 0.160 e. The molecular weight excluding hydrogens is 683 g/mol. The minimum absolute atomic E-state index is 0.702. The number of para-hydroxylation sites is 2. The number of nitrogens with zero attached hydrogens (tertiary/aromatic N) is 5. The molecule has 262 valence electrons. The standard InChI is InChI=1S/C51H33N5/c1-4-15-34(16-5-1)43-33-44(54-51(53-43)35-17-6-2-7-18-35)37-19-12-22-39(31-37)56-45-25-11-10-23-41(45)49-40(24-13-26-46(49)56)36-28-29-42-48(32-36)55(38-20-8-3-9-21-38)47-27-14-30-52-50(42)47/h1-33H. The van der Waals surface area contributed by atoms with Gasteiger partial charge in [0.05, 0.1) is 39.0 Å². The first kappa shape index (κ1) is 31.9. The molecule has 0 saturated heterocycles. The fourth-order valence-electron chi connectivity index (χ4n) is 8.26. The average Bonchev–Trinajstić information content (AvgIpc) is 3.80. The van der Waals surface area contributed by atoms with Gasteiger partial charge in [0.2, 0.25) is 0 Å². The van der Waals surface area contributed by atoms with Crippen LogP contribution in [0.1, 0.15) is 0 Å². The zero-order chi connectivity index (χ0) is 37.0. The van der Waals surface area contributed by atoms with E-state index >= 15 is 0 Å². The Kier molecular flexibility index (Phi) is 7.42. The molecule has 0 spiro atoms. The van der Waals surface area contributed by atoms with E-state index in [0.29, 0.717) is 5.82 Å². The van der Waals surface area contributed by atoms with Crippen molar-refractivity contribution in [3.63, 3.8) is 0 Å². The molecule has 56 heavy (non-hydrogen) atoms. The van der Waals surface area contributed by atoms with E-state index in [1.54, 1.807) is 0 Å². The van der Waals surface area contributed by atoms with Crippen LogP contribution in [0.15, 0.2) is 200 Å². The van der Waals surface area contributed by atoms with Gasteiger partial charge in [0.1, 0.15) is 0 Å². The van der Waals surface area contributed by atoms with Crippen molar-refractivity contribution in [2.75, 3.05) is 0 Å². The maximum atomic E-state index is 5.14. The predicted octanol–water partition coefficient (Wildman–Crippen LogP) is 12.7. The molecule has 0 fully saturated rings. The van der Waals surface area contributed by atoms with Crippen molar-refractivity contribution in [2.45, 2.75) is 0 Å². The van der Waals surface area contributed by atoms with E-state index in [2.05, 4.69) is 173 Å². The average molecular weight is 716 g/mol. The van der Waals surface area contributed by atoms with Crippen LogP contribution in [-0.4, -0.2) is 24.1 Å². The topological polar surface area (TPSA) is 48.5 Å². The van der Waals surface area contributed by atoms with Crippen molar-refractivity contribution in [3.05, 3.63) is 200 Å². The van der Waals surface area contributed by atoms with Crippen LogP contribution in [0.5, 0.6) is 0 Å². The Labute approximate surface area is 323 Å². The number of hydrogen-bond acceptors (Lipinski definition) is 3. The molecule has 4 heterocycles. The van der Waals surface area contributed by atoms with Gasteiger partial charge in [-0.3, -0.25) is 4.98 Å². The fourth-order valence-corrected chi connectivity index (χ4v) is 8.26. The molecule has 7 aromatic carbocycles. The summed E-state index contributed by atoms with van der Waals surface area (Å²) in [5, 5.41) is 3.55. The normalized spacial score (nSPS) is 11.6. The molecule has 11 rings (SSSR count). The Morgan fingerprint density at radius 1 is 0.357 bits per heavy atom. The lowest BCUT2D eigenvalue weighted by molar-refractivity contribution is 1.16. The lowest BCUT2D eigenvalue weighted by atomic mass is 9.98. The van der Waals surface area contributed by atoms with Crippen molar-refractivity contribution < 1.29 is 0 Å². The maximum absolute atomic E-state index is 5.14. The molecule has 0 bridgehead atoms. The lowest BCUT2D eigenvalue weighted by Gasteiger charge is -2.12. The molecule has 0 saturated carbocycles. The number of rotatable bonds is 6. The molecule has 0 radical (unpaired) electrons. The second-order valence-electron chi connectivity index (χ2n) is 14.1. The zero-order valence-electron chi connectivity index (χ0n) is 30.3. The first-order valence-electron chi connectivity index (χ1n) is 18.9. The van der Waals surface area contributed by atoms with Crippen LogP contribution in [-0.2, 0) is 0 Å². The molecule has 0 atom stereocenters. The van der Waals surface area contributed by atoms with Crippen LogP contribution in [0, 0.1) is 0 Å². The SMILES string of the molecule is c1ccc(-c2cc(-c3cccc(-n4c5ccccc5c5c(-c6ccc7c8ncccc8n(-c8ccccc8)c7c6)cccc54)c3)nc(-c3ccccc3)n2)cc1. The van der Waals surface area contributed by atoms with Gasteiger partial charge in [-0.25, -0.2) is 9.97 Å². The molecule has 0 amide bonds. The molecular formula is C51H33N5. The van der Waals surface area contributed by atoms with Gasteiger partial charge in [-0.2, -0.15) is 0 Å². The quantitative estimate of drug-likeness (QED) is 0.172. The summed E-state index contributed by atoms with van der Waals surface area (Å²) in [6, 6.07) is 68.3. The van der Waals surface area contributed by atoms with Gasteiger partial charge in [-0.15, -0.1) is 0 Å². The van der Waals surface area contributed by atoms with Crippen molar-refractivity contribution in [1.82, 2.24) is 24.1 Å². The summed E-state index contributed by atoms with van der Waals surface area (Å²) < 4.78 is 4.72. The molecule has 0 aliphatic carbocycles. The van der Waals surface area contributed by atoms with Gasteiger partial charge in [-0.05, 0) is 77.9 Å². The number of hydrogen-bond donors (Lipinski definition) is 0. The van der Waals surface area contributed by atoms with Crippen LogP contribution < -0.4 is 0 Å². The van der Waals surface area contributed by atoms with Gasteiger partial charge in [0.15, 0.2) is 5.82 Å². The minimum Gasteiger partial charge on any atom is -0.309 e. The van der Waals surface area contributed by atoms with Crippen LogP contribution in [0.25, 0.3) is 100 Å². The van der Waals surface area contributed by atoms with Crippen molar-refractivity contribution in [1.29, 1.82) is 0 Å². The molecule has 0 aliphatic heterocycles. The Morgan fingerprint density at radius 3 is 1.80 bits per heavy atom. The Balaban J connectivity index is 1.10. The first-order valence-corrected chi connectivity index (χ1v) is 18.9. The summed E-state index contributed by atoms with van der Waals surface area (Å²) in [6.45, 7) is 0. The summed E-state index contributed by atoms with van der Waals surface area (Å²) in [5.74, 6) is 0.702. The number of pyridine rings is 1. The van der Waals surface area contributed by atoms with Gasteiger partial charge in [0, 0.05) is 50.4 Å². The van der Waals surface area contributed by atoms with Crippen LogP contribution in [0.3, 0.4) is 0 Å². The molecule has 0 unspecified atom stereocenters. The molecule has 0 aliphatic rings. The largest absolute Gasteiger partial charge is 0.309 e. The van der Waals surface area contributed by atoms with Crippen LogP contribution in [0.4, 0.5) is 0 Å². The van der Waals surface area contributed by atoms with Crippen LogP contribution in [0.2, 0.25) is 0 Å². The molecule has 4 aromatic heterocycles. The monoisotopic (exact) mass is 715 g/mol. The highest BCUT2D eigenvalue weighted by molar-refractivity contribution is 6.17. The van der Waals surface area contributed by atoms with Gasteiger partial charge < -0.3 is 9.13 Å². The van der Waals surface area contributed by atoms with Gasteiger partial charge in [-0.1, -0.05) is 127 Å².